The summed E-state index contributed by atoms with van der Waals surface area (Å²) in [6, 6.07) is 34.0. The molecule has 2 N–H and O–H groups in total. The number of benzene rings is 4. The van der Waals surface area contributed by atoms with Crippen molar-refractivity contribution in [2.45, 2.75) is 44.2 Å². The Balaban J connectivity index is 1.54. The van der Waals surface area contributed by atoms with Crippen molar-refractivity contribution in [3.8, 4) is 16.9 Å². The summed E-state index contributed by atoms with van der Waals surface area (Å²) >= 11 is 3.53. The first kappa shape index (κ1) is 30.5. The molecule has 5 rings (SSSR count). The van der Waals surface area contributed by atoms with Crippen molar-refractivity contribution in [1.29, 1.82) is 0 Å². The van der Waals surface area contributed by atoms with Gasteiger partial charge in [-0.1, -0.05) is 96.0 Å². The summed E-state index contributed by atoms with van der Waals surface area (Å²) in [6.07, 6.45) is 2.15. The Kier molecular flexibility index (Phi) is 10.3. The number of nitrogens with zero attached hydrogens (tertiary/aromatic N) is 1. The number of aliphatic hydroxyl groups is 1. The molecule has 0 unspecified atom stereocenters. The maximum Gasteiger partial charge on any atom is 0.252 e. The lowest BCUT2D eigenvalue weighted by Gasteiger charge is -2.31. The van der Waals surface area contributed by atoms with Gasteiger partial charge < -0.3 is 19.9 Å². The number of hydrogen-bond donors (Lipinski definition) is 2. The van der Waals surface area contributed by atoms with Crippen LogP contribution in [-0.4, -0.2) is 42.2 Å². The van der Waals surface area contributed by atoms with Gasteiger partial charge in [0.1, 0.15) is 5.75 Å². The molecule has 43 heavy (non-hydrogen) atoms. The predicted octanol–water partition coefficient (Wildman–Crippen LogP) is 7.29. The first-order valence-electron chi connectivity index (χ1n) is 14.8. The Labute approximate surface area is 261 Å². The Morgan fingerprint density at radius 1 is 0.907 bits per heavy atom. The molecule has 4 aromatic rings. The number of ether oxygens (including phenoxy) is 2. The van der Waals surface area contributed by atoms with Crippen molar-refractivity contribution >= 4 is 27.7 Å². The van der Waals surface area contributed by atoms with Crippen LogP contribution in [-0.2, 0) is 16.0 Å². The van der Waals surface area contributed by atoms with Crippen molar-refractivity contribution < 1.29 is 19.4 Å². The van der Waals surface area contributed by atoms with E-state index in [2.05, 4.69) is 52.4 Å². The molecule has 222 valence electrons. The molecule has 0 aromatic heterocycles. The number of rotatable bonds is 13. The van der Waals surface area contributed by atoms with E-state index in [-0.39, 0.29) is 12.5 Å². The summed E-state index contributed by atoms with van der Waals surface area (Å²) < 4.78 is 13.4. The second kappa shape index (κ2) is 14.5. The highest BCUT2D eigenvalue weighted by molar-refractivity contribution is 9.10. The van der Waals surface area contributed by atoms with Gasteiger partial charge in [0.15, 0.2) is 11.6 Å². The minimum Gasteiger partial charge on any atom is -0.494 e. The number of amides is 1. The van der Waals surface area contributed by atoms with Crippen molar-refractivity contribution in [2.24, 2.45) is 4.99 Å². The van der Waals surface area contributed by atoms with Crippen LogP contribution in [0.5, 0.6) is 5.75 Å². The van der Waals surface area contributed by atoms with Gasteiger partial charge in [-0.3, -0.25) is 4.79 Å². The van der Waals surface area contributed by atoms with Gasteiger partial charge in [0.2, 0.25) is 5.90 Å². The summed E-state index contributed by atoms with van der Waals surface area (Å²) in [5, 5.41) is 12.2. The first-order valence-corrected chi connectivity index (χ1v) is 15.6. The van der Waals surface area contributed by atoms with Crippen LogP contribution >= 0.6 is 15.9 Å². The topological polar surface area (TPSA) is 80.2 Å². The molecule has 7 heteroatoms. The molecule has 1 heterocycles. The molecular formula is C36H37BrN2O4. The molecule has 0 fully saturated rings. The van der Waals surface area contributed by atoms with E-state index in [1.54, 1.807) is 0 Å². The van der Waals surface area contributed by atoms with Crippen LogP contribution in [0.25, 0.3) is 11.1 Å². The number of carbonyl (C=O) groups is 1. The largest absolute Gasteiger partial charge is 0.494 e. The molecule has 1 amide bonds. The summed E-state index contributed by atoms with van der Waals surface area (Å²) in [5.41, 5.74) is 3.62. The molecule has 0 saturated carbocycles. The summed E-state index contributed by atoms with van der Waals surface area (Å²) in [7, 11) is 0. The van der Waals surface area contributed by atoms with Crippen LogP contribution in [0.3, 0.4) is 0 Å². The van der Waals surface area contributed by atoms with Crippen molar-refractivity contribution in [3.63, 3.8) is 0 Å². The fourth-order valence-corrected chi connectivity index (χ4v) is 5.47. The third-order valence-electron chi connectivity index (χ3n) is 7.55. The van der Waals surface area contributed by atoms with Gasteiger partial charge in [-0.15, -0.1) is 0 Å². The van der Waals surface area contributed by atoms with Crippen LogP contribution < -0.4 is 10.1 Å². The monoisotopic (exact) mass is 640 g/mol. The number of nitrogens with one attached hydrogen (secondary N) is 1. The van der Waals surface area contributed by atoms with Gasteiger partial charge in [-0.05, 0) is 65.1 Å². The SMILES string of the molecule is CCCCNC(=O)[C@]1(Cc2ccc(Br)cc2)N=C(c2ccc(OCCCO)cc2)O[C@@H]1c1ccc(-c2ccccc2)cc1. The van der Waals surface area contributed by atoms with Gasteiger partial charge in [0.05, 0.1) is 6.61 Å². The molecule has 0 bridgehead atoms. The molecule has 1 aliphatic rings. The Morgan fingerprint density at radius 3 is 2.26 bits per heavy atom. The molecule has 0 saturated heterocycles. The molecule has 1 aliphatic heterocycles. The zero-order valence-corrected chi connectivity index (χ0v) is 25.9. The summed E-state index contributed by atoms with van der Waals surface area (Å²) in [6.45, 7) is 3.19. The Morgan fingerprint density at radius 2 is 1.58 bits per heavy atom. The lowest BCUT2D eigenvalue weighted by Crippen LogP contribution is -2.50. The van der Waals surface area contributed by atoms with E-state index in [0.29, 0.717) is 37.6 Å². The fraction of sp³-hybridized carbons (Fsp3) is 0.278. The Bertz CT molecular complexity index is 1510. The predicted molar refractivity (Wildman–Crippen MR) is 174 cm³/mol. The number of hydrogen-bond acceptors (Lipinski definition) is 5. The highest BCUT2D eigenvalue weighted by Gasteiger charge is 2.53. The average Bonchev–Trinajstić information content (AvgIpc) is 3.43. The number of aliphatic hydroxyl groups excluding tert-OH is 1. The third kappa shape index (κ3) is 7.35. The smallest absolute Gasteiger partial charge is 0.252 e. The number of unbranched alkanes of at least 4 members (excludes halogenated alkanes) is 1. The molecule has 2 atom stereocenters. The summed E-state index contributed by atoms with van der Waals surface area (Å²) in [5.74, 6) is 0.962. The maximum atomic E-state index is 14.2. The molecule has 4 aromatic carbocycles. The normalized spacial score (nSPS) is 17.7. The van der Waals surface area contributed by atoms with Gasteiger partial charge in [0, 0.05) is 36.0 Å². The molecule has 0 aliphatic carbocycles. The van der Waals surface area contributed by atoms with Crippen LogP contribution in [0.15, 0.2) is 113 Å². The first-order chi connectivity index (χ1) is 21.0. The van der Waals surface area contributed by atoms with Crippen LogP contribution in [0.2, 0.25) is 0 Å². The van der Waals surface area contributed by atoms with Crippen molar-refractivity contribution in [2.75, 3.05) is 19.8 Å². The van der Waals surface area contributed by atoms with Crippen molar-refractivity contribution in [1.82, 2.24) is 5.32 Å². The van der Waals surface area contributed by atoms with E-state index >= 15 is 0 Å². The van der Waals surface area contributed by atoms with Gasteiger partial charge in [-0.25, -0.2) is 4.99 Å². The van der Waals surface area contributed by atoms with E-state index in [4.69, 9.17) is 19.6 Å². The number of aliphatic imine (C=N–C) groups is 1. The Hall–Kier alpha value is -3.94. The van der Waals surface area contributed by atoms with E-state index in [9.17, 15) is 4.79 Å². The van der Waals surface area contributed by atoms with Crippen molar-refractivity contribution in [3.05, 3.63) is 124 Å². The zero-order valence-electron chi connectivity index (χ0n) is 24.3. The second-order valence-corrected chi connectivity index (χ2v) is 11.6. The summed E-state index contributed by atoms with van der Waals surface area (Å²) in [4.78, 5) is 19.3. The van der Waals surface area contributed by atoms with E-state index in [0.717, 1.165) is 45.1 Å². The fourth-order valence-electron chi connectivity index (χ4n) is 5.21. The van der Waals surface area contributed by atoms with E-state index in [1.807, 2.05) is 78.9 Å². The highest BCUT2D eigenvalue weighted by atomic mass is 79.9. The second-order valence-electron chi connectivity index (χ2n) is 10.7. The van der Waals surface area contributed by atoms with Crippen LogP contribution in [0.4, 0.5) is 0 Å². The van der Waals surface area contributed by atoms with Gasteiger partial charge in [-0.2, -0.15) is 0 Å². The number of carbonyl (C=O) groups excluding carboxylic acids is 1. The van der Waals surface area contributed by atoms with Crippen LogP contribution in [0, 0.1) is 0 Å². The quantitative estimate of drug-likeness (QED) is 0.150. The van der Waals surface area contributed by atoms with Crippen LogP contribution in [0.1, 0.15) is 49.0 Å². The van der Waals surface area contributed by atoms with E-state index < -0.39 is 11.6 Å². The lowest BCUT2D eigenvalue weighted by molar-refractivity contribution is -0.128. The standard InChI is InChI=1S/C36H37BrN2O4/c1-2-3-22-38-35(41)36(25-26-10-18-31(37)19-11-26)33(29-14-12-28(13-15-29)27-8-5-4-6-9-27)43-34(39-36)30-16-20-32(21-17-30)42-24-7-23-40/h4-6,8-21,33,40H,2-3,7,22-25H2,1H3,(H,38,41)/t33-,36-/m1/s1. The molecule has 0 spiro atoms. The minimum atomic E-state index is -1.22. The average molecular weight is 642 g/mol. The maximum absolute atomic E-state index is 14.2. The molecular weight excluding hydrogens is 604 g/mol. The molecule has 6 nitrogen and oxygen atoms in total. The zero-order chi connectivity index (χ0) is 30.1. The third-order valence-corrected chi connectivity index (χ3v) is 8.08. The molecule has 0 radical (unpaired) electrons. The minimum absolute atomic E-state index is 0.0806. The van der Waals surface area contributed by atoms with E-state index in [1.165, 1.54) is 0 Å². The highest BCUT2D eigenvalue weighted by Crippen LogP contribution is 2.43. The van der Waals surface area contributed by atoms with Gasteiger partial charge >= 0.3 is 0 Å². The van der Waals surface area contributed by atoms with Gasteiger partial charge in [0.25, 0.3) is 5.91 Å². The lowest BCUT2D eigenvalue weighted by atomic mass is 9.81. The number of halogens is 1.